The number of rotatable bonds is 5. The maximum Gasteiger partial charge on any atom is 0.257 e. The number of carbonyl (C=O) groups is 1. The van der Waals surface area contributed by atoms with Gasteiger partial charge in [0.05, 0.1) is 6.10 Å². The van der Waals surface area contributed by atoms with Gasteiger partial charge in [0, 0.05) is 12.1 Å². The zero-order chi connectivity index (χ0) is 17.9. The third kappa shape index (κ3) is 3.91. The highest BCUT2D eigenvalue weighted by molar-refractivity contribution is 5.95. The molecule has 3 nitrogen and oxygen atoms in total. The minimum atomic E-state index is -1.76. The molecular formula is C17H15F4NO2. The normalized spacial score (nSPS) is 13.4. The van der Waals surface area contributed by atoms with E-state index in [1.807, 2.05) is 0 Å². The second-order valence-electron chi connectivity index (χ2n) is 5.38. The Hall–Kier alpha value is -2.41. The highest BCUT2D eigenvalue weighted by atomic mass is 19.2. The summed E-state index contributed by atoms with van der Waals surface area (Å²) < 4.78 is 53.5. The van der Waals surface area contributed by atoms with E-state index in [0.29, 0.717) is 5.56 Å². The highest BCUT2D eigenvalue weighted by Crippen LogP contribution is 2.21. The molecule has 0 saturated heterocycles. The topological polar surface area (TPSA) is 49.3 Å². The number of halogens is 4. The Morgan fingerprint density at radius 3 is 2.17 bits per heavy atom. The van der Waals surface area contributed by atoms with Gasteiger partial charge in [-0.1, -0.05) is 30.3 Å². The van der Waals surface area contributed by atoms with E-state index >= 15 is 0 Å². The van der Waals surface area contributed by atoms with E-state index in [9.17, 15) is 27.5 Å². The molecule has 0 fully saturated rings. The van der Waals surface area contributed by atoms with Crippen LogP contribution < -0.4 is 5.32 Å². The van der Waals surface area contributed by atoms with Crippen LogP contribution in [0.5, 0.6) is 0 Å². The van der Waals surface area contributed by atoms with E-state index < -0.39 is 46.9 Å². The quantitative estimate of drug-likeness (QED) is 0.646. The largest absolute Gasteiger partial charge is 0.388 e. The van der Waals surface area contributed by atoms with Gasteiger partial charge in [-0.05, 0) is 18.9 Å². The molecule has 0 bridgehead atoms. The summed E-state index contributed by atoms with van der Waals surface area (Å²) in [6.07, 6.45) is -0.864. The standard InChI is InChI=1S/C17H15F4NO2/c1-9(7-13(23)10-5-3-2-4-6-10)22-17(24)14-15(20)11(18)8-12(19)16(14)21/h2-6,8-9,13,23H,7H2,1H3,(H,22,24)/t9-,13+/m1/s1. The van der Waals surface area contributed by atoms with E-state index in [2.05, 4.69) is 5.32 Å². The summed E-state index contributed by atoms with van der Waals surface area (Å²) in [5, 5.41) is 12.3. The summed E-state index contributed by atoms with van der Waals surface area (Å²) in [5.74, 6) is -8.13. The van der Waals surface area contributed by atoms with E-state index in [1.165, 1.54) is 6.92 Å². The van der Waals surface area contributed by atoms with Crippen LogP contribution in [-0.2, 0) is 0 Å². The third-order valence-corrected chi connectivity index (χ3v) is 3.48. The average molecular weight is 341 g/mol. The number of hydrogen-bond acceptors (Lipinski definition) is 2. The number of hydrogen-bond donors (Lipinski definition) is 2. The first kappa shape index (κ1) is 17.9. The van der Waals surface area contributed by atoms with E-state index in [0.717, 1.165) is 0 Å². The van der Waals surface area contributed by atoms with Crippen LogP contribution in [0.3, 0.4) is 0 Å². The Bertz CT molecular complexity index is 711. The molecule has 1 amide bonds. The van der Waals surface area contributed by atoms with Gasteiger partial charge >= 0.3 is 0 Å². The molecule has 2 atom stereocenters. The number of nitrogens with one attached hydrogen (secondary N) is 1. The fraction of sp³-hybridized carbons (Fsp3) is 0.235. The van der Waals surface area contributed by atoms with Crippen molar-refractivity contribution >= 4 is 5.91 Å². The first-order chi connectivity index (χ1) is 11.3. The van der Waals surface area contributed by atoms with Gasteiger partial charge in [0.25, 0.3) is 5.91 Å². The zero-order valence-corrected chi connectivity index (χ0v) is 12.7. The maximum absolute atomic E-state index is 13.6. The fourth-order valence-corrected chi connectivity index (χ4v) is 2.27. The second-order valence-corrected chi connectivity index (χ2v) is 5.38. The summed E-state index contributed by atoms with van der Waals surface area (Å²) in [7, 11) is 0. The minimum Gasteiger partial charge on any atom is -0.388 e. The molecule has 7 heteroatoms. The molecule has 0 aliphatic rings. The molecule has 2 aromatic carbocycles. The molecule has 0 heterocycles. The van der Waals surface area contributed by atoms with E-state index in [-0.39, 0.29) is 12.5 Å². The Morgan fingerprint density at radius 1 is 1.08 bits per heavy atom. The molecule has 0 aliphatic heterocycles. The van der Waals surface area contributed by atoms with Crippen LogP contribution in [0, 0.1) is 23.3 Å². The second kappa shape index (κ2) is 7.44. The fourth-order valence-electron chi connectivity index (χ4n) is 2.27. The summed E-state index contributed by atoms with van der Waals surface area (Å²) in [6, 6.07) is 7.92. The molecule has 0 aliphatic carbocycles. The number of aliphatic hydroxyl groups is 1. The number of carbonyl (C=O) groups excluding carboxylic acids is 1. The summed E-state index contributed by atoms with van der Waals surface area (Å²) in [6.45, 7) is 1.50. The monoisotopic (exact) mass is 341 g/mol. The molecule has 0 saturated carbocycles. The molecule has 2 rings (SSSR count). The van der Waals surface area contributed by atoms with Crippen molar-refractivity contribution in [3.63, 3.8) is 0 Å². The molecule has 2 aromatic rings. The number of aliphatic hydroxyl groups excluding tert-OH is 1. The lowest BCUT2D eigenvalue weighted by molar-refractivity contribution is 0.0906. The van der Waals surface area contributed by atoms with E-state index in [4.69, 9.17) is 0 Å². The van der Waals surface area contributed by atoms with Gasteiger partial charge in [-0.15, -0.1) is 0 Å². The van der Waals surface area contributed by atoms with Crippen LogP contribution in [-0.4, -0.2) is 17.1 Å². The first-order valence-corrected chi connectivity index (χ1v) is 7.18. The van der Waals surface area contributed by atoms with E-state index in [1.54, 1.807) is 30.3 Å². The molecule has 0 radical (unpaired) electrons. The van der Waals surface area contributed by atoms with Gasteiger partial charge in [-0.25, -0.2) is 17.6 Å². The SMILES string of the molecule is C[C@H](C[C@H](O)c1ccccc1)NC(=O)c1c(F)c(F)cc(F)c1F. The molecule has 0 spiro atoms. The Balaban J connectivity index is 2.10. The summed E-state index contributed by atoms with van der Waals surface area (Å²) in [4.78, 5) is 11.9. The van der Waals surface area contributed by atoms with Crippen LogP contribution in [0.15, 0.2) is 36.4 Å². The van der Waals surface area contributed by atoms with Gasteiger partial charge in [0.2, 0.25) is 0 Å². The minimum absolute atomic E-state index is 0.0318. The highest BCUT2D eigenvalue weighted by Gasteiger charge is 2.26. The van der Waals surface area contributed by atoms with Gasteiger partial charge in [0.15, 0.2) is 23.3 Å². The molecule has 128 valence electrons. The molecular weight excluding hydrogens is 326 g/mol. The van der Waals surface area contributed by atoms with Crippen molar-refractivity contribution in [3.05, 3.63) is 70.8 Å². The number of amides is 1. The van der Waals surface area contributed by atoms with Crippen molar-refractivity contribution in [1.29, 1.82) is 0 Å². The van der Waals surface area contributed by atoms with Gasteiger partial charge in [-0.3, -0.25) is 4.79 Å². The van der Waals surface area contributed by atoms with Crippen LogP contribution in [0.2, 0.25) is 0 Å². The maximum atomic E-state index is 13.6. The van der Waals surface area contributed by atoms with Crippen LogP contribution in [0.1, 0.15) is 35.4 Å². The molecule has 0 unspecified atom stereocenters. The van der Waals surface area contributed by atoms with Crippen LogP contribution >= 0.6 is 0 Å². The first-order valence-electron chi connectivity index (χ1n) is 7.18. The lowest BCUT2D eigenvalue weighted by atomic mass is 10.0. The smallest absolute Gasteiger partial charge is 0.257 e. The summed E-state index contributed by atoms with van der Waals surface area (Å²) >= 11 is 0. The zero-order valence-electron chi connectivity index (χ0n) is 12.7. The predicted molar refractivity (Wildman–Crippen MR) is 79.2 cm³/mol. The molecule has 2 N–H and O–H groups in total. The van der Waals surface area contributed by atoms with Gasteiger partial charge in [0.1, 0.15) is 5.56 Å². The Kier molecular flexibility index (Phi) is 5.56. The van der Waals surface area contributed by atoms with Crippen molar-refractivity contribution in [3.8, 4) is 0 Å². The van der Waals surface area contributed by atoms with Crippen molar-refractivity contribution in [1.82, 2.24) is 5.32 Å². The van der Waals surface area contributed by atoms with Crippen LogP contribution in [0.25, 0.3) is 0 Å². The Morgan fingerprint density at radius 2 is 1.62 bits per heavy atom. The third-order valence-electron chi connectivity index (χ3n) is 3.48. The van der Waals surface area contributed by atoms with Crippen molar-refractivity contribution in [2.24, 2.45) is 0 Å². The lowest BCUT2D eigenvalue weighted by Crippen LogP contribution is -2.35. The Labute approximate surface area is 135 Å². The van der Waals surface area contributed by atoms with Crippen molar-refractivity contribution in [2.75, 3.05) is 0 Å². The van der Waals surface area contributed by atoms with Gasteiger partial charge in [-0.2, -0.15) is 0 Å². The van der Waals surface area contributed by atoms with Crippen LogP contribution in [0.4, 0.5) is 17.6 Å². The molecule has 0 aromatic heterocycles. The van der Waals surface area contributed by atoms with Crippen molar-refractivity contribution in [2.45, 2.75) is 25.5 Å². The average Bonchev–Trinajstić information content (AvgIpc) is 2.54. The van der Waals surface area contributed by atoms with Crippen molar-refractivity contribution < 1.29 is 27.5 Å². The number of benzene rings is 2. The van der Waals surface area contributed by atoms with Gasteiger partial charge < -0.3 is 10.4 Å². The lowest BCUT2D eigenvalue weighted by Gasteiger charge is -2.18. The summed E-state index contributed by atoms with van der Waals surface area (Å²) in [5.41, 5.74) is -0.721. The molecule has 24 heavy (non-hydrogen) atoms. The predicted octanol–water partition coefficient (Wildman–Crippen LogP) is 3.49.